The maximum Gasteiger partial charge on any atom is 0.241 e. The Hall–Kier alpha value is -2.42. The number of carbonyl (C=O) groups excluding carboxylic acids is 1. The van der Waals surface area contributed by atoms with Gasteiger partial charge in [0.2, 0.25) is 5.91 Å². The highest BCUT2D eigenvalue weighted by Crippen LogP contribution is 2.17. The van der Waals surface area contributed by atoms with Gasteiger partial charge in [-0.25, -0.2) is 0 Å². The Morgan fingerprint density at radius 2 is 1.88 bits per heavy atom. The van der Waals surface area contributed by atoms with Crippen molar-refractivity contribution < 1.29 is 4.79 Å². The molecule has 0 radical (unpaired) electrons. The summed E-state index contributed by atoms with van der Waals surface area (Å²) in [6.45, 7) is 0. The van der Waals surface area contributed by atoms with Gasteiger partial charge >= 0.3 is 0 Å². The first-order chi connectivity index (χ1) is 8.25. The fraction of sp³-hybridized carbons (Fsp3) is 0. The van der Waals surface area contributed by atoms with E-state index in [1.54, 1.807) is 12.3 Å². The molecule has 3 nitrogen and oxygen atoms in total. The largest absolute Gasteiger partial charge is 0.366 e. The van der Waals surface area contributed by atoms with Gasteiger partial charge in [-0.15, -0.1) is 0 Å². The molecule has 2 N–H and O–H groups in total. The number of nitrogens with two attached hydrogens (primary N) is 1. The minimum Gasteiger partial charge on any atom is -0.366 e. The normalized spacial score (nSPS) is 10.6. The van der Waals surface area contributed by atoms with Crippen LogP contribution in [-0.4, -0.2) is 10.9 Å². The lowest BCUT2D eigenvalue weighted by atomic mass is 10.1. The van der Waals surface area contributed by atoms with Crippen LogP contribution in [0.15, 0.2) is 54.7 Å². The lowest BCUT2D eigenvalue weighted by Gasteiger charge is -2.00. The highest BCUT2D eigenvalue weighted by Gasteiger charge is 1.97. The number of aromatic nitrogens is 1. The molecule has 17 heavy (non-hydrogen) atoms. The average Bonchev–Trinajstić information content (AvgIpc) is 2.38. The molecular formula is C14H12N2O. The van der Waals surface area contributed by atoms with E-state index in [9.17, 15) is 4.79 Å². The van der Waals surface area contributed by atoms with Gasteiger partial charge in [-0.1, -0.05) is 30.3 Å². The summed E-state index contributed by atoms with van der Waals surface area (Å²) in [7, 11) is 0. The smallest absolute Gasteiger partial charge is 0.241 e. The molecule has 84 valence electrons. The summed E-state index contributed by atoms with van der Waals surface area (Å²) < 4.78 is 0. The maximum atomic E-state index is 10.6. The molecule has 2 rings (SSSR count). The van der Waals surface area contributed by atoms with E-state index in [2.05, 4.69) is 4.98 Å². The Labute approximate surface area is 99.6 Å². The fourth-order valence-corrected chi connectivity index (χ4v) is 1.48. The van der Waals surface area contributed by atoms with E-state index in [-0.39, 0.29) is 0 Å². The predicted octanol–water partition coefficient (Wildman–Crippen LogP) is 2.25. The average molecular weight is 224 g/mol. The first kappa shape index (κ1) is 11.1. The van der Waals surface area contributed by atoms with Gasteiger partial charge in [0.25, 0.3) is 0 Å². The van der Waals surface area contributed by atoms with Crippen LogP contribution in [0, 0.1) is 0 Å². The topological polar surface area (TPSA) is 56.0 Å². The Morgan fingerprint density at radius 1 is 1.12 bits per heavy atom. The first-order valence-corrected chi connectivity index (χ1v) is 5.25. The van der Waals surface area contributed by atoms with E-state index >= 15 is 0 Å². The van der Waals surface area contributed by atoms with Gasteiger partial charge < -0.3 is 5.73 Å². The molecule has 0 saturated carbocycles. The zero-order chi connectivity index (χ0) is 12.1. The monoisotopic (exact) mass is 224 g/mol. The number of amides is 1. The molecule has 1 aromatic heterocycles. The van der Waals surface area contributed by atoms with Crippen LogP contribution >= 0.6 is 0 Å². The van der Waals surface area contributed by atoms with Gasteiger partial charge in [0.15, 0.2) is 0 Å². The van der Waals surface area contributed by atoms with Gasteiger partial charge in [-0.05, 0) is 23.8 Å². The SMILES string of the molecule is NC(=O)C=Cc1ccc(-c2ccccn2)cc1. The summed E-state index contributed by atoms with van der Waals surface area (Å²) in [4.78, 5) is 14.8. The van der Waals surface area contributed by atoms with Gasteiger partial charge in [-0.2, -0.15) is 0 Å². The first-order valence-electron chi connectivity index (χ1n) is 5.25. The molecule has 0 bridgehead atoms. The number of hydrogen-bond acceptors (Lipinski definition) is 2. The van der Waals surface area contributed by atoms with E-state index in [1.165, 1.54) is 6.08 Å². The molecule has 0 atom stereocenters. The van der Waals surface area contributed by atoms with Crippen molar-refractivity contribution >= 4 is 12.0 Å². The zero-order valence-corrected chi connectivity index (χ0v) is 9.21. The summed E-state index contributed by atoms with van der Waals surface area (Å²) in [5.41, 5.74) is 7.93. The molecular weight excluding hydrogens is 212 g/mol. The molecule has 1 amide bonds. The van der Waals surface area contributed by atoms with Gasteiger partial charge in [-0.3, -0.25) is 9.78 Å². The number of carbonyl (C=O) groups is 1. The minimum atomic E-state index is -0.446. The number of pyridine rings is 1. The highest BCUT2D eigenvalue weighted by atomic mass is 16.1. The summed E-state index contributed by atoms with van der Waals surface area (Å²) in [5.74, 6) is -0.446. The lowest BCUT2D eigenvalue weighted by Crippen LogP contribution is -2.04. The molecule has 0 spiro atoms. The molecule has 1 aromatic carbocycles. The van der Waals surface area contributed by atoms with E-state index in [0.29, 0.717) is 0 Å². The van der Waals surface area contributed by atoms with Crippen molar-refractivity contribution in [3.8, 4) is 11.3 Å². The second-order valence-electron chi connectivity index (χ2n) is 3.57. The third-order valence-electron chi connectivity index (χ3n) is 2.31. The Kier molecular flexibility index (Phi) is 3.31. The van der Waals surface area contributed by atoms with E-state index < -0.39 is 5.91 Å². The van der Waals surface area contributed by atoms with Crippen molar-refractivity contribution in [1.82, 2.24) is 4.98 Å². The van der Waals surface area contributed by atoms with Crippen LogP contribution in [0.3, 0.4) is 0 Å². The molecule has 2 aromatic rings. The molecule has 0 fully saturated rings. The Balaban J connectivity index is 2.22. The summed E-state index contributed by atoms with van der Waals surface area (Å²) in [6.07, 6.45) is 4.79. The number of nitrogens with zero attached hydrogens (tertiary/aromatic N) is 1. The van der Waals surface area contributed by atoms with E-state index in [4.69, 9.17) is 5.73 Å². The molecule has 0 aliphatic heterocycles. The summed E-state index contributed by atoms with van der Waals surface area (Å²) in [6, 6.07) is 13.5. The lowest BCUT2D eigenvalue weighted by molar-refractivity contribution is -0.113. The van der Waals surface area contributed by atoms with Crippen molar-refractivity contribution in [3.05, 3.63) is 60.3 Å². The Morgan fingerprint density at radius 3 is 2.47 bits per heavy atom. The molecule has 0 aliphatic carbocycles. The number of rotatable bonds is 3. The fourth-order valence-electron chi connectivity index (χ4n) is 1.48. The van der Waals surface area contributed by atoms with Gasteiger partial charge in [0, 0.05) is 17.8 Å². The minimum absolute atomic E-state index is 0.446. The summed E-state index contributed by atoms with van der Waals surface area (Å²) in [5, 5.41) is 0. The van der Waals surface area contributed by atoms with Gasteiger partial charge in [0.1, 0.15) is 0 Å². The standard InChI is InChI=1S/C14H12N2O/c15-14(17)9-6-11-4-7-12(8-5-11)13-3-1-2-10-16-13/h1-10H,(H2,15,17). The zero-order valence-electron chi connectivity index (χ0n) is 9.21. The van der Waals surface area contributed by atoms with Gasteiger partial charge in [0.05, 0.1) is 5.69 Å². The Bertz CT molecular complexity index is 530. The number of benzene rings is 1. The molecule has 0 unspecified atom stereocenters. The van der Waals surface area contributed by atoms with Crippen LogP contribution in [0.5, 0.6) is 0 Å². The van der Waals surface area contributed by atoms with Crippen molar-refractivity contribution in [1.29, 1.82) is 0 Å². The highest BCUT2D eigenvalue weighted by molar-refractivity contribution is 5.90. The maximum absolute atomic E-state index is 10.6. The molecule has 3 heteroatoms. The van der Waals surface area contributed by atoms with Crippen molar-refractivity contribution in [3.63, 3.8) is 0 Å². The van der Waals surface area contributed by atoms with Crippen LogP contribution in [0.25, 0.3) is 17.3 Å². The van der Waals surface area contributed by atoms with Crippen molar-refractivity contribution in [2.75, 3.05) is 0 Å². The van der Waals surface area contributed by atoms with E-state index in [0.717, 1.165) is 16.8 Å². The van der Waals surface area contributed by atoms with Crippen LogP contribution in [-0.2, 0) is 4.79 Å². The number of hydrogen-bond donors (Lipinski definition) is 1. The third-order valence-corrected chi connectivity index (χ3v) is 2.31. The molecule has 0 saturated heterocycles. The summed E-state index contributed by atoms with van der Waals surface area (Å²) >= 11 is 0. The van der Waals surface area contributed by atoms with Crippen LogP contribution < -0.4 is 5.73 Å². The third kappa shape index (κ3) is 3.01. The second-order valence-corrected chi connectivity index (χ2v) is 3.57. The van der Waals surface area contributed by atoms with Crippen molar-refractivity contribution in [2.45, 2.75) is 0 Å². The quantitative estimate of drug-likeness (QED) is 0.813. The molecule has 1 heterocycles. The van der Waals surface area contributed by atoms with Crippen LogP contribution in [0.2, 0.25) is 0 Å². The van der Waals surface area contributed by atoms with Crippen LogP contribution in [0.1, 0.15) is 5.56 Å². The number of primary amides is 1. The van der Waals surface area contributed by atoms with E-state index in [1.807, 2.05) is 42.5 Å². The second kappa shape index (κ2) is 5.07. The predicted molar refractivity (Wildman–Crippen MR) is 67.9 cm³/mol. The van der Waals surface area contributed by atoms with Crippen molar-refractivity contribution in [2.24, 2.45) is 5.73 Å². The molecule has 0 aliphatic rings. The van der Waals surface area contributed by atoms with Crippen LogP contribution in [0.4, 0.5) is 0 Å².